The molecule has 10 heteroatoms. The van der Waals surface area contributed by atoms with Crippen LogP contribution in [0.5, 0.6) is 5.75 Å². The maximum absolute atomic E-state index is 12.9. The minimum Gasteiger partial charge on any atom is -0.495 e. The minimum atomic E-state index is -3.52. The Bertz CT molecular complexity index is 1340. The van der Waals surface area contributed by atoms with Gasteiger partial charge in [-0.15, -0.1) is 0 Å². The Hall–Kier alpha value is -2.88. The molecular weight excluding hydrogens is 498 g/mol. The maximum Gasteiger partial charge on any atom is 0.229 e. The molecule has 0 saturated heterocycles. The molecule has 0 radical (unpaired) electrons. The van der Waals surface area contributed by atoms with Crippen molar-refractivity contribution in [3.8, 4) is 5.75 Å². The van der Waals surface area contributed by atoms with Gasteiger partial charge in [0, 0.05) is 12.0 Å². The number of hydrogen-bond donors (Lipinski definition) is 3. The summed E-state index contributed by atoms with van der Waals surface area (Å²) < 4.78 is 31.3. The van der Waals surface area contributed by atoms with Gasteiger partial charge in [-0.3, -0.25) is 0 Å². The van der Waals surface area contributed by atoms with Gasteiger partial charge < -0.3 is 21.1 Å². The van der Waals surface area contributed by atoms with Crippen LogP contribution in [0.15, 0.2) is 53.6 Å². The Morgan fingerprint density at radius 3 is 2.50 bits per heavy atom. The molecule has 4 N–H and O–H groups in total. The van der Waals surface area contributed by atoms with Crippen LogP contribution in [0.3, 0.4) is 0 Å². The van der Waals surface area contributed by atoms with Crippen molar-refractivity contribution in [1.82, 2.24) is 9.97 Å². The number of benzene rings is 2. The molecule has 0 bridgehead atoms. The Labute approximate surface area is 217 Å². The molecule has 0 spiro atoms. The third-order valence-electron chi connectivity index (χ3n) is 6.82. The number of aromatic nitrogens is 2. The second kappa shape index (κ2) is 10.6. The van der Waals surface area contributed by atoms with E-state index in [1.165, 1.54) is 6.20 Å². The predicted molar refractivity (Wildman–Crippen MR) is 145 cm³/mol. The van der Waals surface area contributed by atoms with Crippen LogP contribution in [-0.2, 0) is 15.3 Å². The zero-order chi connectivity index (χ0) is 25.9. The molecule has 1 aliphatic carbocycles. The van der Waals surface area contributed by atoms with Gasteiger partial charge >= 0.3 is 0 Å². The average Bonchev–Trinajstić information content (AvgIpc) is 3.37. The van der Waals surface area contributed by atoms with E-state index in [9.17, 15) is 8.42 Å². The van der Waals surface area contributed by atoms with Crippen LogP contribution in [0.4, 0.5) is 23.1 Å². The van der Waals surface area contributed by atoms with Crippen LogP contribution >= 0.6 is 11.6 Å². The molecule has 3 aromatic rings. The topological polar surface area (TPSA) is 119 Å². The van der Waals surface area contributed by atoms with Crippen LogP contribution in [0.25, 0.3) is 0 Å². The smallest absolute Gasteiger partial charge is 0.229 e. The molecule has 192 valence electrons. The number of anilines is 4. The standard InChI is InChI=1S/C26H32ClN5O3S/c1-17(2)36(33,34)23-9-5-4-8-20(23)30-24-19(27)15-29-25(32-24)31-21-14-18(10-11-22(21)35-3)26(16-28)12-6-7-13-26/h4-5,8-11,14-15,17H,6-7,12-13,16,28H2,1-3H3,(H2,29,30,31,32). The zero-order valence-electron chi connectivity index (χ0n) is 20.7. The van der Waals surface area contributed by atoms with Crippen LogP contribution in [0.2, 0.25) is 5.02 Å². The summed E-state index contributed by atoms with van der Waals surface area (Å²) in [4.78, 5) is 9.04. The Kier molecular flexibility index (Phi) is 7.73. The van der Waals surface area contributed by atoms with Crippen LogP contribution < -0.4 is 21.1 Å². The lowest BCUT2D eigenvalue weighted by atomic mass is 9.79. The summed E-state index contributed by atoms with van der Waals surface area (Å²) in [7, 11) is -1.91. The number of para-hydroxylation sites is 1. The molecule has 1 heterocycles. The first kappa shape index (κ1) is 26.2. The minimum absolute atomic E-state index is 0.0398. The van der Waals surface area contributed by atoms with Crippen LogP contribution in [-0.4, -0.2) is 37.3 Å². The molecular formula is C26H32ClN5O3S. The zero-order valence-corrected chi connectivity index (χ0v) is 22.3. The molecule has 2 aromatic carbocycles. The Balaban J connectivity index is 1.67. The highest BCUT2D eigenvalue weighted by Gasteiger charge is 2.34. The summed E-state index contributed by atoms with van der Waals surface area (Å²) in [5, 5.41) is 6.00. The van der Waals surface area contributed by atoms with Crippen molar-refractivity contribution in [2.75, 3.05) is 24.3 Å². The molecule has 0 aliphatic heterocycles. The molecule has 0 amide bonds. The van der Waals surface area contributed by atoms with E-state index >= 15 is 0 Å². The number of ether oxygens (including phenoxy) is 1. The van der Waals surface area contributed by atoms with Crippen LogP contribution in [0, 0.1) is 0 Å². The number of halogens is 1. The Morgan fingerprint density at radius 1 is 1.11 bits per heavy atom. The van der Waals surface area contributed by atoms with E-state index in [0.717, 1.165) is 31.2 Å². The molecule has 0 unspecified atom stereocenters. The highest BCUT2D eigenvalue weighted by Crippen LogP contribution is 2.43. The third kappa shape index (κ3) is 5.14. The van der Waals surface area contributed by atoms with E-state index in [1.54, 1.807) is 45.2 Å². The van der Waals surface area contributed by atoms with Crippen molar-refractivity contribution >= 4 is 44.6 Å². The first-order valence-electron chi connectivity index (χ1n) is 12.0. The molecule has 0 atom stereocenters. The van der Waals surface area contributed by atoms with E-state index in [2.05, 4.69) is 26.7 Å². The lowest BCUT2D eigenvalue weighted by Crippen LogP contribution is -2.32. The second-order valence-electron chi connectivity index (χ2n) is 9.34. The number of rotatable bonds is 9. The predicted octanol–water partition coefficient (Wildman–Crippen LogP) is 5.58. The van der Waals surface area contributed by atoms with E-state index in [1.807, 2.05) is 12.1 Å². The van der Waals surface area contributed by atoms with E-state index in [4.69, 9.17) is 22.1 Å². The van der Waals surface area contributed by atoms with Gasteiger partial charge in [-0.25, -0.2) is 13.4 Å². The fraction of sp³-hybridized carbons (Fsp3) is 0.385. The van der Waals surface area contributed by atoms with Crippen molar-refractivity contribution in [1.29, 1.82) is 0 Å². The van der Waals surface area contributed by atoms with Gasteiger partial charge in [0.05, 0.1) is 34.8 Å². The molecule has 4 rings (SSSR count). The summed E-state index contributed by atoms with van der Waals surface area (Å²) in [6.07, 6.45) is 5.90. The Morgan fingerprint density at radius 2 is 1.83 bits per heavy atom. The average molecular weight is 530 g/mol. The van der Waals surface area contributed by atoms with Gasteiger partial charge in [0.1, 0.15) is 10.8 Å². The number of sulfone groups is 1. The highest BCUT2D eigenvalue weighted by atomic mass is 35.5. The van der Waals surface area contributed by atoms with Crippen LogP contribution in [0.1, 0.15) is 45.1 Å². The van der Waals surface area contributed by atoms with Gasteiger partial charge in [-0.05, 0) is 56.5 Å². The third-order valence-corrected chi connectivity index (χ3v) is 9.31. The summed E-state index contributed by atoms with van der Waals surface area (Å²) in [6.45, 7) is 3.88. The molecule has 1 aliphatic rings. The molecule has 8 nitrogen and oxygen atoms in total. The summed E-state index contributed by atoms with van der Waals surface area (Å²) in [6, 6.07) is 12.7. The van der Waals surface area contributed by atoms with Gasteiger partial charge in [-0.1, -0.05) is 42.6 Å². The number of nitrogens with two attached hydrogens (primary N) is 1. The van der Waals surface area contributed by atoms with Crippen molar-refractivity contribution in [2.24, 2.45) is 5.73 Å². The maximum atomic E-state index is 12.9. The molecule has 1 saturated carbocycles. The fourth-order valence-electron chi connectivity index (χ4n) is 4.63. The summed E-state index contributed by atoms with van der Waals surface area (Å²) in [5.74, 6) is 1.21. The first-order chi connectivity index (χ1) is 17.2. The number of nitrogens with one attached hydrogen (secondary N) is 2. The van der Waals surface area contributed by atoms with Gasteiger partial charge in [0.15, 0.2) is 15.7 Å². The van der Waals surface area contributed by atoms with Crippen molar-refractivity contribution < 1.29 is 13.2 Å². The van der Waals surface area contributed by atoms with Crippen molar-refractivity contribution in [3.05, 3.63) is 59.2 Å². The number of methoxy groups -OCH3 is 1. The quantitative estimate of drug-likeness (QED) is 0.328. The second-order valence-corrected chi connectivity index (χ2v) is 12.2. The van der Waals surface area contributed by atoms with E-state index < -0.39 is 15.1 Å². The summed E-state index contributed by atoms with van der Waals surface area (Å²) >= 11 is 6.38. The van der Waals surface area contributed by atoms with E-state index in [-0.39, 0.29) is 27.1 Å². The number of hydrogen-bond acceptors (Lipinski definition) is 8. The monoisotopic (exact) mass is 529 g/mol. The number of nitrogens with zero attached hydrogens (tertiary/aromatic N) is 2. The van der Waals surface area contributed by atoms with Gasteiger partial charge in [0.2, 0.25) is 5.95 Å². The summed E-state index contributed by atoms with van der Waals surface area (Å²) in [5.41, 5.74) is 8.43. The molecule has 1 aromatic heterocycles. The van der Waals surface area contributed by atoms with Crippen molar-refractivity contribution in [3.63, 3.8) is 0 Å². The molecule has 1 fully saturated rings. The normalized spacial score (nSPS) is 15.2. The fourth-order valence-corrected chi connectivity index (χ4v) is 5.97. The first-order valence-corrected chi connectivity index (χ1v) is 13.9. The van der Waals surface area contributed by atoms with E-state index in [0.29, 0.717) is 23.7 Å². The van der Waals surface area contributed by atoms with Gasteiger partial charge in [0.25, 0.3) is 0 Å². The highest BCUT2D eigenvalue weighted by molar-refractivity contribution is 7.92. The van der Waals surface area contributed by atoms with Crippen molar-refractivity contribution in [2.45, 2.75) is 55.1 Å². The SMILES string of the molecule is COc1ccc(C2(CN)CCCC2)cc1Nc1ncc(Cl)c(Nc2ccccc2S(=O)(=O)C(C)C)n1. The lowest BCUT2D eigenvalue weighted by molar-refractivity contribution is 0.414. The molecule has 36 heavy (non-hydrogen) atoms. The largest absolute Gasteiger partial charge is 0.495 e. The van der Waals surface area contributed by atoms with Gasteiger partial charge in [-0.2, -0.15) is 4.98 Å². The lowest BCUT2D eigenvalue weighted by Gasteiger charge is -2.28.